The average Bonchev–Trinajstić information content (AvgIpc) is 2.39. The molecule has 0 radical (unpaired) electrons. The van der Waals surface area contributed by atoms with Gasteiger partial charge in [0.2, 0.25) is 0 Å². The number of hydrogen-bond acceptors (Lipinski definition) is 4. The molecule has 98 valence electrons. The highest BCUT2D eigenvalue weighted by Gasteiger charge is 2.14. The molecule has 1 amide bonds. The number of nitrogen functional groups attached to an aromatic ring is 1. The first-order chi connectivity index (χ1) is 9.08. The number of nitrogens with zero attached hydrogens (tertiary/aromatic N) is 2. The molecule has 1 atom stereocenters. The normalized spacial score (nSPS) is 11.9. The van der Waals surface area contributed by atoms with Gasteiger partial charge in [-0.05, 0) is 25.5 Å². The Morgan fingerprint density at radius 1 is 1.26 bits per heavy atom. The standard InChI is InChI=1S/C14H16N4O/c1-9-7-17-13(8-16-9)14(19)18-10(2)11-5-3-4-6-12(11)15/h3-8,10H,15H2,1-2H3,(H,18,19). The highest BCUT2D eigenvalue weighted by Crippen LogP contribution is 2.19. The summed E-state index contributed by atoms with van der Waals surface area (Å²) in [6, 6.07) is 7.26. The van der Waals surface area contributed by atoms with Gasteiger partial charge in [0.05, 0.1) is 17.9 Å². The van der Waals surface area contributed by atoms with E-state index in [9.17, 15) is 4.79 Å². The van der Waals surface area contributed by atoms with Crippen molar-refractivity contribution in [1.82, 2.24) is 15.3 Å². The topological polar surface area (TPSA) is 80.9 Å². The zero-order chi connectivity index (χ0) is 13.8. The van der Waals surface area contributed by atoms with E-state index in [-0.39, 0.29) is 11.9 Å². The maximum absolute atomic E-state index is 12.0. The lowest BCUT2D eigenvalue weighted by Crippen LogP contribution is -2.28. The molecule has 1 unspecified atom stereocenters. The van der Waals surface area contributed by atoms with Crippen molar-refractivity contribution >= 4 is 11.6 Å². The van der Waals surface area contributed by atoms with E-state index in [2.05, 4.69) is 15.3 Å². The van der Waals surface area contributed by atoms with Crippen LogP contribution in [0.2, 0.25) is 0 Å². The molecule has 3 N–H and O–H groups in total. The van der Waals surface area contributed by atoms with Gasteiger partial charge in [-0.1, -0.05) is 18.2 Å². The first kappa shape index (κ1) is 13.0. The number of rotatable bonds is 3. The molecule has 5 heteroatoms. The molecule has 2 aromatic rings. The summed E-state index contributed by atoms with van der Waals surface area (Å²) in [5.41, 5.74) is 8.49. The summed E-state index contributed by atoms with van der Waals surface area (Å²) >= 11 is 0. The molecule has 1 heterocycles. The minimum absolute atomic E-state index is 0.184. The first-order valence-electron chi connectivity index (χ1n) is 6.02. The number of aromatic nitrogens is 2. The molecule has 1 aromatic heterocycles. The molecule has 0 saturated carbocycles. The summed E-state index contributed by atoms with van der Waals surface area (Å²) in [6.07, 6.45) is 3.03. The first-order valence-corrected chi connectivity index (χ1v) is 6.02. The van der Waals surface area contributed by atoms with Crippen LogP contribution < -0.4 is 11.1 Å². The number of amides is 1. The highest BCUT2D eigenvalue weighted by atomic mass is 16.1. The van der Waals surface area contributed by atoms with Crippen molar-refractivity contribution in [2.45, 2.75) is 19.9 Å². The van der Waals surface area contributed by atoms with Crippen LogP contribution in [0.1, 0.15) is 34.7 Å². The summed E-state index contributed by atoms with van der Waals surface area (Å²) in [5, 5.41) is 2.85. The summed E-state index contributed by atoms with van der Waals surface area (Å²) in [7, 11) is 0. The number of carbonyl (C=O) groups excluding carboxylic acids is 1. The number of hydrogen-bond donors (Lipinski definition) is 2. The van der Waals surface area contributed by atoms with Gasteiger partial charge in [-0.2, -0.15) is 0 Å². The van der Waals surface area contributed by atoms with Crippen LogP contribution in [0.15, 0.2) is 36.7 Å². The third kappa shape index (κ3) is 3.07. The van der Waals surface area contributed by atoms with Crippen LogP contribution in [0, 0.1) is 6.92 Å². The third-order valence-corrected chi connectivity index (χ3v) is 2.82. The zero-order valence-corrected chi connectivity index (χ0v) is 10.9. The van der Waals surface area contributed by atoms with Gasteiger partial charge < -0.3 is 11.1 Å². The maximum Gasteiger partial charge on any atom is 0.271 e. The average molecular weight is 256 g/mol. The largest absolute Gasteiger partial charge is 0.398 e. The van der Waals surface area contributed by atoms with Gasteiger partial charge in [0.1, 0.15) is 5.69 Å². The Kier molecular flexibility index (Phi) is 3.75. The number of para-hydroxylation sites is 1. The number of aryl methyl sites for hydroxylation is 1. The molecule has 0 aliphatic heterocycles. The van der Waals surface area contributed by atoms with Crippen molar-refractivity contribution in [2.24, 2.45) is 0 Å². The molecule has 0 saturated heterocycles. The summed E-state index contributed by atoms with van der Waals surface area (Å²) < 4.78 is 0. The Balaban J connectivity index is 2.11. The van der Waals surface area contributed by atoms with Gasteiger partial charge in [-0.3, -0.25) is 9.78 Å². The van der Waals surface area contributed by atoms with Crippen molar-refractivity contribution in [3.05, 3.63) is 53.6 Å². The van der Waals surface area contributed by atoms with Crippen LogP contribution in [-0.4, -0.2) is 15.9 Å². The molecule has 0 bridgehead atoms. The zero-order valence-electron chi connectivity index (χ0n) is 10.9. The van der Waals surface area contributed by atoms with Gasteiger partial charge in [-0.25, -0.2) is 4.98 Å². The predicted molar refractivity (Wildman–Crippen MR) is 73.5 cm³/mol. The molecule has 1 aromatic carbocycles. The van der Waals surface area contributed by atoms with Crippen LogP contribution in [-0.2, 0) is 0 Å². The Hall–Kier alpha value is -2.43. The predicted octanol–water partition coefficient (Wildman–Crippen LogP) is 1.86. The molecule has 0 spiro atoms. The minimum Gasteiger partial charge on any atom is -0.398 e. The van der Waals surface area contributed by atoms with E-state index in [1.54, 1.807) is 6.20 Å². The number of anilines is 1. The molecular formula is C14H16N4O. The fourth-order valence-electron chi connectivity index (χ4n) is 1.76. The summed E-state index contributed by atoms with van der Waals surface area (Å²) in [5.74, 6) is -0.261. The van der Waals surface area contributed by atoms with Crippen LogP contribution in [0.5, 0.6) is 0 Å². The second-order valence-corrected chi connectivity index (χ2v) is 4.37. The van der Waals surface area contributed by atoms with Gasteiger partial charge in [0.15, 0.2) is 0 Å². The summed E-state index contributed by atoms with van der Waals surface area (Å²) in [6.45, 7) is 3.70. The quantitative estimate of drug-likeness (QED) is 0.821. The van der Waals surface area contributed by atoms with Crippen molar-refractivity contribution < 1.29 is 4.79 Å². The molecule has 0 fully saturated rings. The van der Waals surface area contributed by atoms with Gasteiger partial charge in [0, 0.05) is 11.9 Å². The second kappa shape index (κ2) is 5.48. The van der Waals surface area contributed by atoms with E-state index in [1.807, 2.05) is 38.1 Å². The van der Waals surface area contributed by atoms with Crippen molar-refractivity contribution in [3.63, 3.8) is 0 Å². The Labute approximate surface area is 111 Å². The molecule has 5 nitrogen and oxygen atoms in total. The number of nitrogens with two attached hydrogens (primary N) is 1. The lowest BCUT2D eigenvalue weighted by molar-refractivity contribution is 0.0934. The second-order valence-electron chi connectivity index (χ2n) is 4.37. The van der Waals surface area contributed by atoms with Crippen LogP contribution in [0.4, 0.5) is 5.69 Å². The molecule has 19 heavy (non-hydrogen) atoms. The van der Waals surface area contributed by atoms with Crippen LogP contribution >= 0.6 is 0 Å². The van der Waals surface area contributed by atoms with E-state index in [4.69, 9.17) is 5.73 Å². The van der Waals surface area contributed by atoms with Gasteiger partial charge in [-0.15, -0.1) is 0 Å². The molecule has 0 aliphatic rings. The fraction of sp³-hybridized carbons (Fsp3) is 0.214. The monoisotopic (exact) mass is 256 g/mol. The molecule has 2 rings (SSSR count). The molecular weight excluding hydrogens is 240 g/mol. The minimum atomic E-state index is -0.261. The van der Waals surface area contributed by atoms with Crippen molar-refractivity contribution in [3.8, 4) is 0 Å². The van der Waals surface area contributed by atoms with Gasteiger partial charge >= 0.3 is 0 Å². The van der Waals surface area contributed by atoms with Crippen molar-refractivity contribution in [2.75, 3.05) is 5.73 Å². The van der Waals surface area contributed by atoms with E-state index in [0.29, 0.717) is 11.4 Å². The summed E-state index contributed by atoms with van der Waals surface area (Å²) in [4.78, 5) is 20.1. The lowest BCUT2D eigenvalue weighted by atomic mass is 10.1. The maximum atomic E-state index is 12.0. The lowest BCUT2D eigenvalue weighted by Gasteiger charge is -2.15. The Morgan fingerprint density at radius 2 is 2.00 bits per heavy atom. The van der Waals surface area contributed by atoms with Crippen molar-refractivity contribution in [1.29, 1.82) is 0 Å². The smallest absolute Gasteiger partial charge is 0.271 e. The SMILES string of the molecule is Cc1cnc(C(=O)NC(C)c2ccccc2N)cn1. The van der Waals surface area contributed by atoms with E-state index < -0.39 is 0 Å². The number of benzene rings is 1. The highest BCUT2D eigenvalue weighted by molar-refractivity contribution is 5.92. The van der Waals surface area contributed by atoms with E-state index >= 15 is 0 Å². The number of nitrogens with one attached hydrogen (secondary N) is 1. The van der Waals surface area contributed by atoms with Crippen LogP contribution in [0.25, 0.3) is 0 Å². The third-order valence-electron chi connectivity index (χ3n) is 2.82. The Bertz CT molecular complexity index is 580. The van der Waals surface area contributed by atoms with Gasteiger partial charge in [0.25, 0.3) is 5.91 Å². The van der Waals surface area contributed by atoms with E-state index in [0.717, 1.165) is 11.3 Å². The molecule has 0 aliphatic carbocycles. The van der Waals surface area contributed by atoms with E-state index in [1.165, 1.54) is 6.20 Å². The Morgan fingerprint density at radius 3 is 2.63 bits per heavy atom. The van der Waals surface area contributed by atoms with Crippen LogP contribution in [0.3, 0.4) is 0 Å². The number of carbonyl (C=O) groups is 1. The fourth-order valence-corrected chi connectivity index (χ4v) is 1.76.